The molecule has 0 amide bonds. The van der Waals surface area contributed by atoms with Crippen molar-refractivity contribution in [1.82, 2.24) is 19.9 Å². The molecular formula is C17H13N5O3. The molecule has 0 saturated heterocycles. The second-order valence-electron chi connectivity index (χ2n) is 5.29. The lowest BCUT2D eigenvalue weighted by molar-refractivity contribution is 0.0602. The number of nitrogen functional groups attached to an aromatic ring is 1. The van der Waals surface area contributed by atoms with E-state index in [1.165, 1.54) is 19.6 Å². The Morgan fingerprint density at radius 3 is 2.88 bits per heavy atom. The van der Waals surface area contributed by atoms with Crippen molar-refractivity contribution < 1.29 is 13.9 Å². The zero-order chi connectivity index (χ0) is 17.4. The molecule has 25 heavy (non-hydrogen) atoms. The van der Waals surface area contributed by atoms with Crippen LogP contribution in [0.5, 0.6) is 0 Å². The van der Waals surface area contributed by atoms with Gasteiger partial charge in [0.1, 0.15) is 12.1 Å². The second kappa shape index (κ2) is 5.75. The molecule has 0 aliphatic rings. The number of hydrogen-bond donors (Lipinski definition) is 2. The van der Waals surface area contributed by atoms with Gasteiger partial charge in [0.05, 0.1) is 35.8 Å². The number of ether oxygens (including phenoxy) is 1. The van der Waals surface area contributed by atoms with Gasteiger partial charge in [-0.25, -0.2) is 14.8 Å². The molecule has 0 aliphatic heterocycles. The zero-order valence-corrected chi connectivity index (χ0v) is 13.2. The predicted octanol–water partition coefficient (Wildman–Crippen LogP) is 2.65. The molecular weight excluding hydrogens is 322 g/mol. The number of aromatic nitrogens is 4. The molecule has 0 saturated carbocycles. The number of fused-ring (bicyclic) bond motifs is 1. The van der Waals surface area contributed by atoms with Gasteiger partial charge in [0.25, 0.3) is 0 Å². The summed E-state index contributed by atoms with van der Waals surface area (Å²) >= 11 is 0. The quantitative estimate of drug-likeness (QED) is 0.552. The fraction of sp³-hybridized carbons (Fsp3) is 0.0588. The number of hydrogen-bond acceptors (Lipinski definition) is 7. The molecule has 4 heterocycles. The topological polar surface area (TPSA) is 120 Å². The van der Waals surface area contributed by atoms with E-state index in [1.807, 2.05) is 6.07 Å². The van der Waals surface area contributed by atoms with Gasteiger partial charge in [0.15, 0.2) is 0 Å². The Hall–Kier alpha value is -3.68. The number of rotatable bonds is 3. The fourth-order valence-electron chi connectivity index (χ4n) is 2.62. The molecule has 3 N–H and O–H groups in total. The smallest absolute Gasteiger partial charge is 0.340 e. The molecule has 0 aromatic carbocycles. The van der Waals surface area contributed by atoms with E-state index in [2.05, 4.69) is 19.9 Å². The summed E-state index contributed by atoms with van der Waals surface area (Å²) in [5.41, 5.74) is 8.94. The maximum Gasteiger partial charge on any atom is 0.340 e. The van der Waals surface area contributed by atoms with Crippen LogP contribution < -0.4 is 5.73 Å². The van der Waals surface area contributed by atoms with Crippen molar-refractivity contribution in [3.8, 4) is 22.8 Å². The molecule has 0 bridgehead atoms. The Morgan fingerprint density at radius 2 is 2.12 bits per heavy atom. The van der Waals surface area contributed by atoms with Crippen LogP contribution in [0, 0.1) is 0 Å². The van der Waals surface area contributed by atoms with Gasteiger partial charge in [-0.05, 0) is 18.2 Å². The van der Waals surface area contributed by atoms with Gasteiger partial charge < -0.3 is 19.9 Å². The summed E-state index contributed by atoms with van der Waals surface area (Å²) in [6.45, 7) is 0. The molecule has 0 spiro atoms. The third-order valence-corrected chi connectivity index (χ3v) is 3.82. The van der Waals surface area contributed by atoms with E-state index >= 15 is 0 Å². The summed E-state index contributed by atoms with van der Waals surface area (Å²) in [4.78, 5) is 27.6. The van der Waals surface area contributed by atoms with Gasteiger partial charge >= 0.3 is 5.97 Å². The van der Waals surface area contributed by atoms with Crippen LogP contribution in [-0.2, 0) is 4.74 Å². The summed E-state index contributed by atoms with van der Waals surface area (Å²) in [6, 6.07) is 5.42. The Balaban J connectivity index is 1.87. The molecule has 0 atom stereocenters. The first-order chi connectivity index (χ1) is 12.2. The van der Waals surface area contributed by atoms with Crippen molar-refractivity contribution in [2.45, 2.75) is 0 Å². The summed E-state index contributed by atoms with van der Waals surface area (Å²) in [7, 11) is 1.32. The van der Waals surface area contributed by atoms with Gasteiger partial charge in [0, 0.05) is 23.3 Å². The summed E-state index contributed by atoms with van der Waals surface area (Å²) in [5.74, 6) is 0.304. The monoisotopic (exact) mass is 335 g/mol. The Labute approximate surface area is 141 Å². The maximum atomic E-state index is 11.9. The summed E-state index contributed by atoms with van der Waals surface area (Å²) in [5, 5.41) is 0.623. The highest BCUT2D eigenvalue weighted by molar-refractivity contribution is 6.07. The molecule has 0 radical (unpaired) electrons. The van der Waals surface area contributed by atoms with Crippen LogP contribution >= 0.6 is 0 Å². The molecule has 4 rings (SSSR count). The number of nitrogens with one attached hydrogen (secondary N) is 1. The molecule has 8 heteroatoms. The van der Waals surface area contributed by atoms with Crippen LogP contribution in [0.2, 0.25) is 0 Å². The third-order valence-electron chi connectivity index (χ3n) is 3.82. The van der Waals surface area contributed by atoms with E-state index in [-0.39, 0.29) is 5.82 Å². The van der Waals surface area contributed by atoms with Gasteiger partial charge in [0.2, 0.25) is 5.89 Å². The van der Waals surface area contributed by atoms with Crippen LogP contribution in [0.1, 0.15) is 10.4 Å². The van der Waals surface area contributed by atoms with Crippen LogP contribution in [0.3, 0.4) is 0 Å². The van der Waals surface area contributed by atoms with E-state index in [4.69, 9.17) is 14.9 Å². The minimum absolute atomic E-state index is 0.290. The third kappa shape index (κ3) is 2.49. The molecule has 124 valence electrons. The van der Waals surface area contributed by atoms with Crippen molar-refractivity contribution >= 4 is 22.7 Å². The lowest BCUT2D eigenvalue weighted by Gasteiger charge is -2.01. The number of aromatic amines is 1. The van der Waals surface area contributed by atoms with Crippen molar-refractivity contribution in [2.24, 2.45) is 0 Å². The molecule has 0 aliphatic carbocycles. The SMILES string of the molecule is COC(=O)c1cnc(N)c2[nH]c(-c3cc(-c4ncco4)ccn3)cc12. The second-order valence-corrected chi connectivity index (χ2v) is 5.29. The normalized spacial score (nSPS) is 10.9. The van der Waals surface area contributed by atoms with Crippen molar-refractivity contribution in [1.29, 1.82) is 0 Å². The van der Waals surface area contributed by atoms with Crippen LogP contribution in [0.25, 0.3) is 33.7 Å². The summed E-state index contributed by atoms with van der Waals surface area (Å²) in [6.07, 6.45) is 6.14. The first-order valence-corrected chi connectivity index (χ1v) is 7.39. The number of pyridine rings is 2. The zero-order valence-electron chi connectivity index (χ0n) is 13.2. The average Bonchev–Trinajstić information content (AvgIpc) is 3.32. The Morgan fingerprint density at radius 1 is 1.24 bits per heavy atom. The highest BCUT2D eigenvalue weighted by Gasteiger charge is 2.17. The fourth-order valence-corrected chi connectivity index (χ4v) is 2.62. The average molecular weight is 335 g/mol. The number of oxazole rings is 1. The first-order valence-electron chi connectivity index (χ1n) is 7.39. The van der Waals surface area contributed by atoms with Gasteiger partial charge in [-0.15, -0.1) is 0 Å². The minimum atomic E-state index is -0.482. The number of methoxy groups -OCH3 is 1. The molecule has 0 fully saturated rings. The van der Waals surface area contributed by atoms with Crippen LogP contribution in [-0.4, -0.2) is 33.0 Å². The lowest BCUT2D eigenvalue weighted by Crippen LogP contribution is -2.03. The molecule has 8 nitrogen and oxygen atoms in total. The highest BCUT2D eigenvalue weighted by Crippen LogP contribution is 2.30. The number of nitrogens with zero attached hydrogens (tertiary/aromatic N) is 3. The first kappa shape index (κ1) is 14.9. The van der Waals surface area contributed by atoms with E-state index < -0.39 is 5.97 Å². The number of nitrogens with two attached hydrogens (primary N) is 1. The maximum absolute atomic E-state index is 11.9. The number of carbonyl (C=O) groups excluding carboxylic acids is 1. The van der Waals surface area contributed by atoms with Crippen LogP contribution in [0.15, 0.2) is 47.5 Å². The molecule has 4 aromatic rings. The number of H-pyrrole nitrogens is 1. The largest absolute Gasteiger partial charge is 0.465 e. The van der Waals surface area contributed by atoms with Crippen molar-refractivity contribution in [2.75, 3.05) is 12.8 Å². The van der Waals surface area contributed by atoms with E-state index in [1.54, 1.807) is 24.5 Å². The van der Waals surface area contributed by atoms with E-state index in [0.29, 0.717) is 33.7 Å². The van der Waals surface area contributed by atoms with Crippen molar-refractivity contribution in [3.05, 3.63) is 48.6 Å². The summed E-state index contributed by atoms with van der Waals surface area (Å²) < 4.78 is 10.1. The standard InChI is InChI=1S/C17H13N5O3/c1-24-17(23)11-8-21-15(18)14-10(11)7-13(22-14)12-6-9(2-3-19-12)16-20-4-5-25-16/h2-8,22H,1H3,(H2,18,21). The van der Waals surface area contributed by atoms with Crippen molar-refractivity contribution in [3.63, 3.8) is 0 Å². The van der Waals surface area contributed by atoms with Gasteiger partial charge in [-0.1, -0.05) is 0 Å². The Bertz CT molecular complexity index is 1070. The Kier molecular flexibility index (Phi) is 3.42. The van der Waals surface area contributed by atoms with Crippen LogP contribution in [0.4, 0.5) is 5.82 Å². The lowest BCUT2D eigenvalue weighted by atomic mass is 10.1. The van der Waals surface area contributed by atoms with Gasteiger partial charge in [-0.2, -0.15) is 0 Å². The molecule has 0 unspecified atom stereocenters. The highest BCUT2D eigenvalue weighted by atomic mass is 16.5. The van der Waals surface area contributed by atoms with E-state index in [0.717, 1.165) is 5.56 Å². The minimum Gasteiger partial charge on any atom is -0.465 e. The predicted molar refractivity (Wildman–Crippen MR) is 90.6 cm³/mol. The number of esters is 1. The van der Waals surface area contributed by atoms with E-state index in [9.17, 15) is 4.79 Å². The number of anilines is 1. The molecule has 4 aromatic heterocycles. The van der Waals surface area contributed by atoms with Gasteiger partial charge in [-0.3, -0.25) is 4.98 Å². The number of carbonyl (C=O) groups is 1.